The normalized spacial score (nSPS) is 21.4. The zero-order valence-electron chi connectivity index (χ0n) is 19.2. The van der Waals surface area contributed by atoms with E-state index in [9.17, 15) is 20.6 Å². The lowest BCUT2D eigenvalue weighted by Gasteiger charge is -2.45. The molecule has 9 nitrogen and oxygen atoms in total. The second-order valence-electron chi connectivity index (χ2n) is 8.73. The number of carbonyl (C=O) groups is 1. The van der Waals surface area contributed by atoms with Gasteiger partial charge in [-0.05, 0) is 28.8 Å². The first kappa shape index (κ1) is 22.8. The minimum absolute atomic E-state index is 0.0708. The maximum Gasteiger partial charge on any atom is 0.410 e. The Labute approximate surface area is 207 Å². The van der Waals surface area contributed by atoms with Gasteiger partial charge < -0.3 is 24.8 Å². The monoisotopic (exact) mass is 479 g/mol. The number of nitrogens with zero attached hydrogens (tertiary/aromatic N) is 4. The average molecular weight is 479 g/mol. The molecule has 0 radical (unpaired) electrons. The third-order valence-corrected chi connectivity index (χ3v) is 6.88. The van der Waals surface area contributed by atoms with Gasteiger partial charge in [0.05, 0.1) is 23.4 Å². The van der Waals surface area contributed by atoms with Gasteiger partial charge in [-0.15, -0.1) is 0 Å². The van der Waals surface area contributed by atoms with E-state index in [0.29, 0.717) is 22.6 Å². The van der Waals surface area contributed by atoms with E-state index in [-0.39, 0.29) is 37.8 Å². The number of nitriles is 3. The van der Waals surface area contributed by atoms with E-state index in [2.05, 4.69) is 18.2 Å². The van der Waals surface area contributed by atoms with Crippen LogP contribution < -0.4 is 15.2 Å². The lowest BCUT2D eigenvalue weighted by molar-refractivity contribution is 0.0898. The predicted octanol–water partition coefficient (Wildman–Crippen LogP) is 3.48. The van der Waals surface area contributed by atoms with Crippen molar-refractivity contribution in [3.8, 4) is 29.7 Å². The molecule has 2 N–H and O–H groups in total. The number of ether oxygens (including phenoxy) is 3. The van der Waals surface area contributed by atoms with Gasteiger partial charge in [-0.2, -0.15) is 15.8 Å². The topological polar surface area (TPSA) is 145 Å². The van der Waals surface area contributed by atoms with Crippen molar-refractivity contribution in [1.82, 2.24) is 4.90 Å². The number of allylic oxidation sites excluding steroid dienone is 2. The molecular weight excluding hydrogens is 458 g/mol. The molecule has 5 rings (SSSR count). The number of fused-ring (bicyclic) bond motifs is 2. The van der Waals surface area contributed by atoms with Crippen LogP contribution in [-0.4, -0.2) is 30.9 Å². The summed E-state index contributed by atoms with van der Waals surface area (Å²) in [5.74, 6) is -0.271. The predicted molar refractivity (Wildman–Crippen MR) is 126 cm³/mol. The summed E-state index contributed by atoms with van der Waals surface area (Å²) in [7, 11) is 0. The molecule has 0 spiro atoms. The molecule has 0 fully saturated rings. The van der Waals surface area contributed by atoms with Crippen molar-refractivity contribution in [2.45, 2.75) is 12.5 Å². The number of rotatable bonds is 3. The van der Waals surface area contributed by atoms with Crippen LogP contribution in [0.5, 0.6) is 11.5 Å². The molecule has 0 saturated heterocycles. The number of carbonyl (C=O) groups excluding carboxylic acids is 1. The second-order valence-corrected chi connectivity index (χ2v) is 8.73. The van der Waals surface area contributed by atoms with Crippen molar-refractivity contribution in [2.24, 2.45) is 17.1 Å². The van der Waals surface area contributed by atoms with Crippen molar-refractivity contribution in [3.63, 3.8) is 0 Å². The zero-order valence-corrected chi connectivity index (χ0v) is 19.2. The second kappa shape index (κ2) is 9.02. The Bertz CT molecular complexity index is 1400. The van der Waals surface area contributed by atoms with E-state index in [1.165, 1.54) is 4.90 Å². The van der Waals surface area contributed by atoms with Gasteiger partial charge in [0.15, 0.2) is 16.9 Å². The van der Waals surface area contributed by atoms with Crippen LogP contribution in [0.2, 0.25) is 0 Å². The van der Waals surface area contributed by atoms with E-state index < -0.39 is 23.3 Å². The number of benzene rings is 2. The molecule has 178 valence electrons. The molecule has 0 bridgehead atoms. The van der Waals surface area contributed by atoms with Crippen LogP contribution in [-0.2, 0) is 11.3 Å². The zero-order chi connectivity index (χ0) is 25.3. The largest absolute Gasteiger partial charge is 0.454 e. The molecular formula is C27H21N5O4. The van der Waals surface area contributed by atoms with Crippen LogP contribution in [0, 0.1) is 45.3 Å². The molecule has 1 amide bonds. The van der Waals surface area contributed by atoms with Gasteiger partial charge in [-0.3, -0.25) is 0 Å². The Kier molecular flexibility index (Phi) is 5.72. The molecule has 0 saturated carbocycles. The molecule has 0 unspecified atom stereocenters. The molecule has 9 heteroatoms. The minimum Gasteiger partial charge on any atom is -0.454 e. The fraction of sp³-hybridized carbons (Fsp3) is 0.259. The third kappa shape index (κ3) is 3.57. The summed E-state index contributed by atoms with van der Waals surface area (Å²) in [6, 6.07) is 20.8. The van der Waals surface area contributed by atoms with E-state index in [0.717, 1.165) is 5.56 Å². The van der Waals surface area contributed by atoms with E-state index in [1.807, 2.05) is 30.3 Å². The summed E-state index contributed by atoms with van der Waals surface area (Å²) >= 11 is 0. The fourth-order valence-electron chi connectivity index (χ4n) is 5.12. The lowest BCUT2D eigenvalue weighted by atomic mass is 9.58. The van der Waals surface area contributed by atoms with Gasteiger partial charge in [0.2, 0.25) is 6.79 Å². The molecule has 2 aromatic carbocycles. The Hall–Kier alpha value is -4.94. The van der Waals surface area contributed by atoms with Crippen LogP contribution in [0.25, 0.3) is 0 Å². The van der Waals surface area contributed by atoms with E-state index in [1.54, 1.807) is 24.3 Å². The van der Waals surface area contributed by atoms with Gasteiger partial charge >= 0.3 is 6.09 Å². The maximum absolute atomic E-state index is 13.0. The first-order valence-corrected chi connectivity index (χ1v) is 11.3. The van der Waals surface area contributed by atoms with E-state index >= 15 is 0 Å². The number of hydrogen-bond donors (Lipinski definition) is 1. The summed E-state index contributed by atoms with van der Waals surface area (Å²) in [6.45, 7) is 0.529. The van der Waals surface area contributed by atoms with Gasteiger partial charge in [0.1, 0.15) is 12.7 Å². The van der Waals surface area contributed by atoms with Crippen LogP contribution in [0.1, 0.15) is 17.0 Å². The molecule has 1 aliphatic carbocycles. The van der Waals surface area contributed by atoms with Crippen LogP contribution >= 0.6 is 0 Å². The Morgan fingerprint density at radius 3 is 2.58 bits per heavy atom. The maximum atomic E-state index is 13.0. The van der Waals surface area contributed by atoms with Crippen molar-refractivity contribution in [3.05, 3.63) is 82.6 Å². The molecule has 36 heavy (non-hydrogen) atoms. The fourth-order valence-corrected chi connectivity index (χ4v) is 5.12. The van der Waals surface area contributed by atoms with Gasteiger partial charge in [-0.25, -0.2) is 4.79 Å². The third-order valence-electron chi connectivity index (χ3n) is 6.88. The SMILES string of the molecule is N#CC1=C(N)C(C#N)(C#N)[C@H](c2ccc3c(c2)OCO3)[C@@H]2CN(C(=O)OCc3ccccc3)CC=C12. The number of hydrogen-bond acceptors (Lipinski definition) is 8. The Morgan fingerprint density at radius 2 is 1.86 bits per heavy atom. The average Bonchev–Trinajstić information content (AvgIpc) is 3.39. The highest BCUT2D eigenvalue weighted by Crippen LogP contribution is 2.55. The van der Waals surface area contributed by atoms with Crippen LogP contribution in [0.3, 0.4) is 0 Å². The van der Waals surface area contributed by atoms with Crippen LogP contribution in [0.4, 0.5) is 4.79 Å². The summed E-state index contributed by atoms with van der Waals surface area (Å²) in [5.41, 5.74) is 6.65. The summed E-state index contributed by atoms with van der Waals surface area (Å²) in [5, 5.41) is 30.4. The molecule has 2 heterocycles. The molecule has 2 aliphatic heterocycles. The van der Waals surface area contributed by atoms with Gasteiger partial charge in [0, 0.05) is 24.9 Å². The van der Waals surface area contributed by atoms with Crippen molar-refractivity contribution in [1.29, 1.82) is 15.8 Å². The molecule has 2 atom stereocenters. The minimum atomic E-state index is -1.82. The lowest BCUT2D eigenvalue weighted by Crippen LogP contribution is -2.49. The summed E-state index contributed by atoms with van der Waals surface area (Å²) in [6.07, 6.45) is 1.22. The van der Waals surface area contributed by atoms with E-state index in [4.69, 9.17) is 19.9 Å². The highest BCUT2D eigenvalue weighted by Gasteiger charge is 2.55. The summed E-state index contributed by atoms with van der Waals surface area (Å²) in [4.78, 5) is 14.5. The van der Waals surface area contributed by atoms with Crippen LogP contribution in [0.15, 0.2) is 71.5 Å². The van der Waals surface area contributed by atoms with Crippen molar-refractivity contribution >= 4 is 6.09 Å². The van der Waals surface area contributed by atoms with Crippen molar-refractivity contribution in [2.75, 3.05) is 19.9 Å². The number of nitrogens with two attached hydrogens (primary N) is 1. The van der Waals surface area contributed by atoms with Gasteiger partial charge in [-0.1, -0.05) is 42.5 Å². The Balaban J connectivity index is 1.54. The molecule has 0 aromatic heterocycles. The smallest absolute Gasteiger partial charge is 0.410 e. The quantitative estimate of drug-likeness (QED) is 0.704. The van der Waals surface area contributed by atoms with Gasteiger partial charge in [0.25, 0.3) is 0 Å². The Morgan fingerprint density at radius 1 is 1.11 bits per heavy atom. The highest BCUT2D eigenvalue weighted by molar-refractivity contribution is 5.69. The highest BCUT2D eigenvalue weighted by atomic mass is 16.7. The number of amides is 1. The summed E-state index contributed by atoms with van der Waals surface area (Å²) < 4.78 is 16.4. The first-order chi connectivity index (χ1) is 17.5. The van der Waals surface area contributed by atoms with Crippen molar-refractivity contribution < 1.29 is 19.0 Å². The molecule has 3 aliphatic rings. The molecule has 2 aromatic rings. The standard InChI is InChI=1S/C27H21N5O4/c28-11-20-19-8-9-32(26(33)34-13-17-4-2-1-3-5-17)12-21(19)24(27(14-29,15-30)25(20)31)18-6-7-22-23(10-18)36-16-35-22/h1-8,10,21,24H,9,12-13,16,31H2/t21-,24-/m1/s1. The first-order valence-electron chi connectivity index (χ1n) is 11.3.